The van der Waals surface area contributed by atoms with Gasteiger partial charge in [0.1, 0.15) is 11.2 Å². The van der Waals surface area contributed by atoms with Crippen molar-refractivity contribution >= 4 is 5.91 Å². The van der Waals surface area contributed by atoms with Crippen LogP contribution in [0.5, 0.6) is 0 Å². The minimum absolute atomic E-state index is 0.0147. The maximum atomic E-state index is 12.4. The number of nitrogens with zero attached hydrogens (tertiary/aromatic N) is 1. The molecule has 4 nitrogen and oxygen atoms in total. The average molecular weight is 258 g/mol. The Hall–Kier alpha value is -1.76. The Kier molecular flexibility index (Phi) is 3.06. The molecule has 0 saturated heterocycles. The Morgan fingerprint density at radius 3 is 2.95 bits per heavy atom. The van der Waals surface area contributed by atoms with E-state index in [9.17, 15) is 10.1 Å². The van der Waals surface area contributed by atoms with E-state index in [0.717, 1.165) is 43.4 Å². The standard InChI is InChI=1S/C15H18N2O2/c16-10-15(7-1-2-8-15)14(18)17-12-4-3-5-13-11(12)6-9-19-13/h6,9,12H,1-5,7-8H2,(H,17,18). The molecule has 4 heteroatoms. The summed E-state index contributed by atoms with van der Waals surface area (Å²) in [5, 5.41) is 12.4. The monoisotopic (exact) mass is 258 g/mol. The molecule has 1 unspecified atom stereocenters. The molecule has 2 aliphatic carbocycles. The van der Waals surface area contributed by atoms with E-state index in [1.165, 1.54) is 0 Å². The van der Waals surface area contributed by atoms with E-state index < -0.39 is 5.41 Å². The maximum Gasteiger partial charge on any atom is 0.240 e. The molecule has 19 heavy (non-hydrogen) atoms. The summed E-state index contributed by atoms with van der Waals surface area (Å²) in [6, 6.07) is 4.20. The van der Waals surface area contributed by atoms with E-state index in [1.807, 2.05) is 6.07 Å². The van der Waals surface area contributed by atoms with E-state index in [2.05, 4.69) is 11.4 Å². The first-order valence-electron chi connectivity index (χ1n) is 7.04. The Labute approximate surface area is 112 Å². The number of aryl methyl sites for hydroxylation is 1. The summed E-state index contributed by atoms with van der Waals surface area (Å²) in [6.45, 7) is 0. The fourth-order valence-electron chi connectivity index (χ4n) is 3.30. The van der Waals surface area contributed by atoms with Gasteiger partial charge in [-0.2, -0.15) is 5.26 Å². The van der Waals surface area contributed by atoms with Crippen molar-refractivity contribution in [1.82, 2.24) is 5.32 Å². The molecule has 1 saturated carbocycles. The second kappa shape index (κ2) is 4.73. The molecule has 0 spiro atoms. The summed E-state index contributed by atoms with van der Waals surface area (Å²) in [5.41, 5.74) is 0.298. The lowest BCUT2D eigenvalue weighted by molar-refractivity contribution is -0.128. The first-order chi connectivity index (χ1) is 9.25. The van der Waals surface area contributed by atoms with E-state index in [0.29, 0.717) is 12.8 Å². The number of amides is 1. The second-order valence-electron chi connectivity index (χ2n) is 5.62. The molecule has 1 aromatic rings. The highest BCUT2D eigenvalue weighted by molar-refractivity contribution is 5.86. The largest absolute Gasteiger partial charge is 0.469 e. The summed E-state index contributed by atoms with van der Waals surface area (Å²) in [6.07, 6.45) is 7.92. The van der Waals surface area contributed by atoms with Gasteiger partial charge in [-0.1, -0.05) is 12.8 Å². The number of fused-ring (bicyclic) bond motifs is 1. The molecule has 1 N–H and O–H groups in total. The molecule has 0 aromatic carbocycles. The number of rotatable bonds is 2. The molecule has 2 aliphatic rings. The van der Waals surface area contributed by atoms with Gasteiger partial charge in [-0.3, -0.25) is 4.79 Å². The molecular formula is C15H18N2O2. The van der Waals surface area contributed by atoms with Crippen LogP contribution in [-0.4, -0.2) is 5.91 Å². The van der Waals surface area contributed by atoms with Gasteiger partial charge in [-0.25, -0.2) is 0 Å². The topological polar surface area (TPSA) is 66.0 Å². The molecular weight excluding hydrogens is 240 g/mol. The van der Waals surface area contributed by atoms with Gasteiger partial charge in [-0.15, -0.1) is 0 Å². The molecule has 100 valence electrons. The SMILES string of the molecule is N#CC1(C(=O)NC2CCCc3occc32)CCCC1. The lowest BCUT2D eigenvalue weighted by Crippen LogP contribution is -2.41. The quantitative estimate of drug-likeness (QED) is 0.887. The first kappa shape index (κ1) is 12.3. The fraction of sp³-hybridized carbons (Fsp3) is 0.600. The fourth-order valence-corrected chi connectivity index (χ4v) is 3.30. The lowest BCUT2D eigenvalue weighted by atomic mass is 9.85. The summed E-state index contributed by atoms with van der Waals surface area (Å²) in [4.78, 5) is 12.4. The molecule has 1 amide bonds. The van der Waals surface area contributed by atoms with Crippen LogP contribution < -0.4 is 5.32 Å². The summed E-state index contributed by atoms with van der Waals surface area (Å²) < 4.78 is 5.43. The number of hydrogen-bond donors (Lipinski definition) is 1. The van der Waals surface area contributed by atoms with Crippen LogP contribution in [0.15, 0.2) is 16.7 Å². The summed E-state index contributed by atoms with van der Waals surface area (Å²) in [5.74, 6) is 0.889. The Bertz CT molecular complexity index is 520. The van der Waals surface area contributed by atoms with E-state index >= 15 is 0 Å². The summed E-state index contributed by atoms with van der Waals surface area (Å²) >= 11 is 0. The highest BCUT2D eigenvalue weighted by atomic mass is 16.3. The average Bonchev–Trinajstić information content (AvgIpc) is 3.08. The Balaban J connectivity index is 1.76. The van der Waals surface area contributed by atoms with Crippen molar-refractivity contribution < 1.29 is 9.21 Å². The molecule has 3 rings (SSSR count). The smallest absolute Gasteiger partial charge is 0.240 e. The number of carbonyl (C=O) groups excluding carboxylic acids is 1. The van der Waals surface area contributed by atoms with E-state index in [1.54, 1.807) is 6.26 Å². The van der Waals surface area contributed by atoms with Crippen LogP contribution in [0, 0.1) is 16.7 Å². The zero-order valence-electron chi connectivity index (χ0n) is 10.9. The first-order valence-corrected chi connectivity index (χ1v) is 7.04. The zero-order valence-corrected chi connectivity index (χ0v) is 10.9. The predicted molar refractivity (Wildman–Crippen MR) is 69.0 cm³/mol. The number of nitriles is 1. The van der Waals surface area contributed by atoms with E-state index in [4.69, 9.17) is 4.42 Å². The third-order valence-corrected chi connectivity index (χ3v) is 4.46. The van der Waals surface area contributed by atoms with Crippen LogP contribution in [0.1, 0.15) is 55.9 Å². The minimum atomic E-state index is -0.790. The summed E-state index contributed by atoms with van der Waals surface area (Å²) in [7, 11) is 0. The Morgan fingerprint density at radius 2 is 2.21 bits per heavy atom. The highest BCUT2D eigenvalue weighted by Crippen LogP contribution is 2.39. The van der Waals surface area contributed by atoms with Crippen molar-refractivity contribution in [3.05, 3.63) is 23.7 Å². The van der Waals surface area contributed by atoms with Gasteiger partial charge < -0.3 is 9.73 Å². The van der Waals surface area contributed by atoms with Gasteiger partial charge in [0, 0.05) is 12.0 Å². The van der Waals surface area contributed by atoms with Gasteiger partial charge in [0.2, 0.25) is 5.91 Å². The van der Waals surface area contributed by atoms with Gasteiger partial charge >= 0.3 is 0 Å². The molecule has 1 atom stereocenters. The van der Waals surface area contributed by atoms with Crippen LogP contribution in [0.2, 0.25) is 0 Å². The molecule has 0 aliphatic heterocycles. The maximum absolute atomic E-state index is 12.4. The van der Waals surface area contributed by atoms with Crippen LogP contribution in [0.25, 0.3) is 0 Å². The van der Waals surface area contributed by atoms with Crippen molar-refractivity contribution in [3.8, 4) is 6.07 Å². The number of nitrogens with one attached hydrogen (secondary N) is 1. The van der Waals surface area contributed by atoms with Crippen molar-refractivity contribution in [2.24, 2.45) is 5.41 Å². The minimum Gasteiger partial charge on any atom is -0.469 e. The molecule has 0 bridgehead atoms. The van der Waals surface area contributed by atoms with Crippen molar-refractivity contribution in [2.45, 2.75) is 51.0 Å². The van der Waals surface area contributed by atoms with Crippen molar-refractivity contribution in [3.63, 3.8) is 0 Å². The van der Waals surface area contributed by atoms with Crippen LogP contribution in [0.4, 0.5) is 0 Å². The van der Waals surface area contributed by atoms with Gasteiger partial charge in [-0.05, 0) is 31.7 Å². The van der Waals surface area contributed by atoms with Crippen LogP contribution in [0.3, 0.4) is 0 Å². The van der Waals surface area contributed by atoms with Crippen LogP contribution >= 0.6 is 0 Å². The van der Waals surface area contributed by atoms with Gasteiger partial charge in [0.25, 0.3) is 0 Å². The zero-order chi connectivity index (χ0) is 13.3. The highest BCUT2D eigenvalue weighted by Gasteiger charge is 2.42. The third-order valence-electron chi connectivity index (χ3n) is 4.46. The molecule has 1 aromatic heterocycles. The lowest BCUT2D eigenvalue weighted by Gasteiger charge is -2.27. The third kappa shape index (κ3) is 2.03. The van der Waals surface area contributed by atoms with Crippen LogP contribution in [-0.2, 0) is 11.2 Å². The van der Waals surface area contributed by atoms with E-state index in [-0.39, 0.29) is 11.9 Å². The number of hydrogen-bond acceptors (Lipinski definition) is 3. The number of carbonyl (C=O) groups is 1. The second-order valence-corrected chi connectivity index (χ2v) is 5.62. The predicted octanol–water partition coefficient (Wildman–Crippen LogP) is 2.86. The van der Waals surface area contributed by atoms with Crippen molar-refractivity contribution in [1.29, 1.82) is 5.26 Å². The van der Waals surface area contributed by atoms with Crippen molar-refractivity contribution in [2.75, 3.05) is 0 Å². The Morgan fingerprint density at radius 1 is 1.42 bits per heavy atom. The van der Waals surface area contributed by atoms with Gasteiger partial charge in [0.05, 0.1) is 18.4 Å². The normalized spacial score (nSPS) is 24.5. The molecule has 1 fully saturated rings. The van der Waals surface area contributed by atoms with Gasteiger partial charge in [0.15, 0.2) is 0 Å². The number of furan rings is 1. The molecule has 0 radical (unpaired) electrons. The molecule has 1 heterocycles.